The summed E-state index contributed by atoms with van der Waals surface area (Å²) in [5.74, 6) is 0. The minimum Gasteiger partial charge on any atom is -0.411 e. The molecule has 5 atom stereocenters. The Kier molecular flexibility index (Phi) is 10.8. The van der Waals surface area contributed by atoms with Crippen molar-refractivity contribution in [2.24, 2.45) is 0 Å². The van der Waals surface area contributed by atoms with Crippen molar-refractivity contribution in [2.75, 3.05) is 6.61 Å². The Hall–Kier alpha value is 0.494. The van der Waals surface area contributed by atoms with Crippen LogP contribution in [-0.4, -0.2) is 57.6 Å². The van der Waals surface area contributed by atoms with Crippen LogP contribution in [0.2, 0.25) is 37.8 Å². The normalized spacial score (nSPS) is 25.7. The van der Waals surface area contributed by atoms with Crippen LogP contribution in [0.3, 0.4) is 0 Å². The molecule has 0 aromatic carbocycles. The number of ether oxygens (including phenoxy) is 1. The van der Waals surface area contributed by atoms with E-state index in [9.17, 15) is 5.11 Å². The Morgan fingerprint density at radius 2 is 1.86 bits per heavy atom. The van der Waals surface area contributed by atoms with Crippen molar-refractivity contribution in [1.82, 2.24) is 0 Å². The molecule has 0 aromatic rings. The van der Waals surface area contributed by atoms with E-state index >= 15 is 0 Å². The molecule has 0 aromatic heterocycles. The van der Waals surface area contributed by atoms with E-state index in [1.54, 1.807) is 11.1 Å². The lowest BCUT2D eigenvalue weighted by molar-refractivity contribution is 0.0123. The Morgan fingerprint density at radius 3 is 2.34 bits per heavy atom. The van der Waals surface area contributed by atoms with Gasteiger partial charge in [-0.1, -0.05) is 64.8 Å². The van der Waals surface area contributed by atoms with Gasteiger partial charge in [0.25, 0.3) is 0 Å². The number of aliphatic hydroxyl groups excluding tert-OH is 1. The van der Waals surface area contributed by atoms with Gasteiger partial charge in [0.2, 0.25) is 0 Å². The zero-order chi connectivity index (χ0) is 22.5. The van der Waals surface area contributed by atoms with E-state index in [0.717, 1.165) is 6.42 Å². The Bertz CT molecular complexity index is 605. The van der Waals surface area contributed by atoms with Crippen molar-refractivity contribution in [3.8, 4) is 0 Å². The maximum atomic E-state index is 9.28. The van der Waals surface area contributed by atoms with E-state index in [-0.39, 0.29) is 40.9 Å². The van der Waals surface area contributed by atoms with Crippen molar-refractivity contribution < 1.29 is 18.7 Å². The highest BCUT2D eigenvalue weighted by Crippen LogP contribution is 2.41. The minimum absolute atomic E-state index is 0.0118. The molecule has 0 radical (unpaired) electrons. The van der Waals surface area contributed by atoms with Crippen LogP contribution >= 0.6 is 31.9 Å². The summed E-state index contributed by atoms with van der Waals surface area (Å²) in [6, 6.07) is 0. The molecule has 1 saturated heterocycles. The van der Waals surface area contributed by atoms with Crippen LogP contribution < -0.4 is 0 Å². The Morgan fingerprint density at radius 1 is 1.24 bits per heavy atom. The van der Waals surface area contributed by atoms with Crippen molar-refractivity contribution in [3.05, 3.63) is 28.9 Å². The Labute approximate surface area is 196 Å². The van der Waals surface area contributed by atoms with Crippen LogP contribution in [0.25, 0.3) is 0 Å². The van der Waals surface area contributed by atoms with E-state index in [1.165, 1.54) is 0 Å². The first-order valence-corrected chi connectivity index (χ1v) is 18.3. The van der Waals surface area contributed by atoms with E-state index in [4.69, 9.17) is 13.6 Å². The lowest BCUT2D eigenvalue weighted by Gasteiger charge is -2.40. The zero-order valence-electron chi connectivity index (χ0n) is 19.0. The van der Waals surface area contributed by atoms with E-state index in [1.807, 2.05) is 12.2 Å². The SMILES string of the molecule is CC(C)(C)[Si](C)(C)O[C@H]1C[C@H](C=C=CBr)O[C@H]1[C@@H](Br)[C@H](/C=C/CO)O[Si](C)(C)C. The van der Waals surface area contributed by atoms with Crippen LogP contribution in [0.4, 0.5) is 0 Å². The molecule has 1 fully saturated rings. The molecular formula is C21H38Br2O4Si2. The van der Waals surface area contributed by atoms with Crippen molar-refractivity contribution >= 4 is 48.5 Å². The first kappa shape index (κ1) is 27.5. The molecule has 1 N–H and O–H groups in total. The third-order valence-electron chi connectivity index (χ3n) is 5.31. The fourth-order valence-corrected chi connectivity index (χ4v) is 6.39. The number of hydrogen-bond acceptors (Lipinski definition) is 4. The van der Waals surface area contributed by atoms with Gasteiger partial charge in [-0.2, -0.15) is 0 Å². The molecule has 8 heteroatoms. The molecule has 0 aliphatic carbocycles. The van der Waals surface area contributed by atoms with Gasteiger partial charge in [-0.15, -0.1) is 5.73 Å². The highest BCUT2D eigenvalue weighted by Gasteiger charge is 2.47. The molecule has 1 rings (SSSR count). The number of alkyl halides is 1. The molecule has 0 spiro atoms. The monoisotopic (exact) mass is 568 g/mol. The number of halogens is 2. The second-order valence-electron chi connectivity index (χ2n) is 9.98. The zero-order valence-corrected chi connectivity index (χ0v) is 24.2. The standard InChI is InChI=1S/C21H38Br2O4Si2/c1-21(2,3)29(7,8)27-18-15-16(11-9-13-22)25-20(18)19(23)17(12-10-14-24)26-28(4,5)6/h10-13,16-20,24H,14-15H2,1-8H3/b12-10+/t9?,16-,17-,18-,19-,20+/m0/s1. The quantitative estimate of drug-likeness (QED) is 0.157. The number of rotatable bonds is 9. The van der Waals surface area contributed by atoms with E-state index < -0.39 is 16.6 Å². The maximum Gasteiger partial charge on any atom is 0.192 e. The highest BCUT2D eigenvalue weighted by atomic mass is 79.9. The first-order chi connectivity index (χ1) is 13.2. The average Bonchev–Trinajstić information content (AvgIpc) is 2.96. The van der Waals surface area contributed by atoms with Gasteiger partial charge in [0.1, 0.15) is 0 Å². The summed E-state index contributed by atoms with van der Waals surface area (Å²) in [6.07, 6.45) is 5.96. The summed E-state index contributed by atoms with van der Waals surface area (Å²) in [5, 5.41) is 9.40. The lowest BCUT2D eigenvalue weighted by Crippen LogP contribution is -2.50. The van der Waals surface area contributed by atoms with E-state index in [0.29, 0.717) is 0 Å². The molecular weight excluding hydrogens is 532 g/mol. The third kappa shape index (κ3) is 8.87. The summed E-state index contributed by atoms with van der Waals surface area (Å²) < 4.78 is 19.6. The molecule has 4 nitrogen and oxygen atoms in total. The Balaban J connectivity index is 3.17. The lowest BCUT2D eigenvalue weighted by atomic mass is 10.0. The van der Waals surface area contributed by atoms with E-state index in [2.05, 4.69) is 91.1 Å². The van der Waals surface area contributed by atoms with Crippen LogP contribution in [0, 0.1) is 0 Å². The summed E-state index contributed by atoms with van der Waals surface area (Å²) in [4.78, 5) is 1.62. The molecule has 1 aliphatic heterocycles. The molecule has 29 heavy (non-hydrogen) atoms. The summed E-state index contributed by atoms with van der Waals surface area (Å²) in [7, 11) is -3.77. The van der Waals surface area contributed by atoms with Gasteiger partial charge < -0.3 is 18.7 Å². The van der Waals surface area contributed by atoms with Gasteiger partial charge in [0, 0.05) is 11.4 Å². The van der Waals surface area contributed by atoms with Crippen molar-refractivity contribution in [2.45, 2.75) is 94.2 Å². The van der Waals surface area contributed by atoms with Gasteiger partial charge >= 0.3 is 0 Å². The highest BCUT2D eigenvalue weighted by molar-refractivity contribution is 9.11. The van der Waals surface area contributed by atoms with Crippen LogP contribution in [0.1, 0.15) is 27.2 Å². The summed E-state index contributed by atoms with van der Waals surface area (Å²) in [6.45, 7) is 17.8. The molecule has 168 valence electrons. The second-order valence-corrected chi connectivity index (χ2v) is 20.7. The molecule has 0 saturated carbocycles. The molecule has 1 aliphatic rings. The predicted molar refractivity (Wildman–Crippen MR) is 134 cm³/mol. The van der Waals surface area contributed by atoms with Crippen molar-refractivity contribution in [1.29, 1.82) is 0 Å². The molecule has 0 bridgehead atoms. The summed E-state index contributed by atoms with van der Waals surface area (Å²) in [5.41, 5.74) is 3.08. The minimum atomic E-state index is -1.97. The third-order valence-corrected chi connectivity index (χ3v) is 12.1. The van der Waals surface area contributed by atoms with Crippen LogP contribution in [-0.2, 0) is 13.6 Å². The number of aliphatic hydroxyl groups is 1. The van der Waals surface area contributed by atoms with Gasteiger partial charge in [-0.05, 0) is 43.8 Å². The topological polar surface area (TPSA) is 47.9 Å². The first-order valence-electron chi connectivity index (χ1n) is 10.2. The van der Waals surface area contributed by atoms with Gasteiger partial charge in [0.15, 0.2) is 16.6 Å². The second kappa shape index (κ2) is 11.4. The molecule has 0 amide bonds. The molecule has 0 unspecified atom stereocenters. The predicted octanol–water partition coefficient (Wildman–Crippen LogP) is 6.13. The fourth-order valence-electron chi connectivity index (χ4n) is 2.91. The van der Waals surface area contributed by atoms with Crippen molar-refractivity contribution in [3.63, 3.8) is 0 Å². The van der Waals surface area contributed by atoms with Gasteiger partial charge in [0.05, 0.1) is 35.8 Å². The van der Waals surface area contributed by atoms with Crippen LogP contribution in [0.5, 0.6) is 0 Å². The average molecular weight is 571 g/mol. The fraction of sp³-hybridized carbons (Fsp3) is 0.762. The smallest absolute Gasteiger partial charge is 0.192 e. The van der Waals surface area contributed by atoms with Gasteiger partial charge in [-0.25, -0.2) is 0 Å². The molecule has 1 heterocycles. The summed E-state index contributed by atoms with van der Waals surface area (Å²) >= 11 is 7.14. The maximum absolute atomic E-state index is 9.28. The van der Waals surface area contributed by atoms with Crippen LogP contribution in [0.15, 0.2) is 28.9 Å². The van der Waals surface area contributed by atoms with Gasteiger partial charge in [-0.3, -0.25) is 0 Å². The number of hydrogen-bond donors (Lipinski definition) is 1. The largest absolute Gasteiger partial charge is 0.411 e.